The molecule has 1 saturated carbocycles. The van der Waals surface area contributed by atoms with E-state index in [0.717, 1.165) is 57.2 Å². The van der Waals surface area contributed by atoms with Crippen LogP contribution in [0.15, 0.2) is 23.3 Å². The average molecular weight is 427 g/mol. The number of amides is 1. The Bertz CT molecular complexity index is 754. The zero-order chi connectivity index (χ0) is 21.5. The lowest BCUT2D eigenvalue weighted by molar-refractivity contribution is -0.135. The number of rotatable bonds is 5. The fourth-order valence-corrected chi connectivity index (χ4v) is 5.13. The van der Waals surface area contributed by atoms with Gasteiger partial charge in [-0.05, 0) is 56.2 Å². The van der Waals surface area contributed by atoms with Gasteiger partial charge in [-0.15, -0.1) is 0 Å². The molecule has 1 amide bonds. The van der Waals surface area contributed by atoms with E-state index in [0.29, 0.717) is 12.5 Å². The third kappa shape index (κ3) is 5.89. The van der Waals surface area contributed by atoms with E-state index in [9.17, 15) is 4.79 Å². The van der Waals surface area contributed by atoms with Gasteiger partial charge in [-0.25, -0.2) is 4.98 Å². The minimum atomic E-state index is 0.255. The highest BCUT2D eigenvalue weighted by Gasteiger charge is 2.31. The molecule has 0 bridgehead atoms. The fourth-order valence-electron chi connectivity index (χ4n) is 5.13. The second-order valence-corrected chi connectivity index (χ2v) is 9.24. The normalized spacial score (nSPS) is 23.1. The van der Waals surface area contributed by atoms with Crippen molar-refractivity contribution in [3.63, 3.8) is 0 Å². The van der Waals surface area contributed by atoms with Crippen LogP contribution in [0.4, 0.5) is 5.82 Å². The van der Waals surface area contributed by atoms with E-state index in [-0.39, 0.29) is 12.0 Å². The molecule has 0 radical (unpaired) electrons. The first-order valence-electron chi connectivity index (χ1n) is 12.2. The summed E-state index contributed by atoms with van der Waals surface area (Å²) in [6.07, 6.45) is 12.6. The summed E-state index contributed by atoms with van der Waals surface area (Å²) in [6, 6.07) is 4.51. The molecule has 1 atom stereocenters. The van der Waals surface area contributed by atoms with Crippen molar-refractivity contribution < 1.29 is 4.79 Å². The van der Waals surface area contributed by atoms with Crippen molar-refractivity contribution in [1.82, 2.24) is 20.5 Å². The molecule has 7 nitrogen and oxygen atoms in total. The molecule has 2 saturated heterocycles. The maximum Gasteiger partial charge on any atom is 0.225 e. The first-order valence-corrected chi connectivity index (χ1v) is 12.2. The minimum Gasteiger partial charge on any atom is -0.357 e. The SMILES string of the molecule is CN=C(NCc1ccnc(N2CCCCC2)c1)NC1CCN(C(=O)C2CCCCC2)C1. The largest absolute Gasteiger partial charge is 0.357 e. The Kier molecular flexibility index (Phi) is 7.65. The molecule has 1 unspecified atom stereocenters. The number of carbonyl (C=O) groups excluding carboxylic acids is 1. The Morgan fingerprint density at radius 3 is 2.65 bits per heavy atom. The highest BCUT2D eigenvalue weighted by molar-refractivity contribution is 5.81. The van der Waals surface area contributed by atoms with Crippen molar-refractivity contribution in [3.05, 3.63) is 23.9 Å². The summed E-state index contributed by atoms with van der Waals surface area (Å²) in [7, 11) is 1.81. The van der Waals surface area contributed by atoms with Crippen LogP contribution in [0.2, 0.25) is 0 Å². The van der Waals surface area contributed by atoms with Gasteiger partial charge in [-0.2, -0.15) is 0 Å². The standard InChI is InChI=1S/C24H38N6O/c1-25-24(27-17-19-10-12-26-22(16-19)29-13-6-3-7-14-29)28-21-11-15-30(18-21)23(31)20-8-4-2-5-9-20/h10,12,16,20-21H,2-9,11,13-15,17-18H2,1H3,(H2,25,27,28). The van der Waals surface area contributed by atoms with Crippen LogP contribution < -0.4 is 15.5 Å². The summed E-state index contributed by atoms with van der Waals surface area (Å²) in [4.78, 5) is 26.2. The Morgan fingerprint density at radius 1 is 1.10 bits per heavy atom. The summed E-state index contributed by atoms with van der Waals surface area (Å²) in [5.74, 6) is 2.50. The van der Waals surface area contributed by atoms with Gasteiger partial charge < -0.3 is 20.4 Å². The van der Waals surface area contributed by atoms with Gasteiger partial charge in [0.1, 0.15) is 5.82 Å². The number of anilines is 1. The van der Waals surface area contributed by atoms with Crippen molar-refractivity contribution >= 4 is 17.7 Å². The number of likely N-dealkylation sites (tertiary alicyclic amines) is 1. The molecule has 1 aromatic rings. The summed E-state index contributed by atoms with van der Waals surface area (Å²) >= 11 is 0. The van der Waals surface area contributed by atoms with Gasteiger partial charge in [0.15, 0.2) is 5.96 Å². The second kappa shape index (κ2) is 10.8. The van der Waals surface area contributed by atoms with E-state index in [4.69, 9.17) is 0 Å². The lowest BCUT2D eigenvalue weighted by Crippen LogP contribution is -2.45. The number of aliphatic imine (C=N–C) groups is 1. The Hall–Kier alpha value is -2.31. The molecule has 31 heavy (non-hydrogen) atoms. The van der Waals surface area contributed by atoms with Crippen molar-refractivity contribution in [2.24, 2.45) is 10.9 Å². The fraction of sp³-hybridized carbons (Fsp3) is 0.708. The van der Waals surface area contributed by atoms with Crippen LogP contribution >= 0.6 is 0 Å². The number of guanidine groups is 1. The lowest BCUT2D eigenvalue weighted by atomic mass is 9.88. The molecule has 0 aromatic carbocycles. The predicted molar refractivity (Wildman–Crippen MR) is 125 cm³/mol. The van der Waals surface area contributed by atoms with Crippen LogP contribution in [0.5, 0.6) is 0 Å². The smallest absolute Gasteiger partial charge is 0.225 e. The monoisotopic (exact) mass is 426 g/mol. The van der Waals surface area contributed by atoms with Crippen LogP contribution in [0, 0.1) is 5.92 Å². The predicted octanol–water partition coefficient (Wildman–Crippen LogP) is 2.92. The molecule has 3 heterocycles. The zero-order valence-corrected chi connectivity index (χ0v) is 19.0. The van der Waals surface area contributed by atoms with E-state index in [1.54, 1.807) is 7.05 Å². The van der Waals surface area contributed by atoms with Crippen molar-refractivity contribution in [3.8, 4) is 0 Å². The highest BCUT2D eigenvalue weighted by atomic mass is 16.2. The Balaban J connectivity index is 1.25. The van der Waals surface area contributed by atoms with Gasteiger partial charge in [0.25, 0.3) is 0 Å². The topological polar surface area (TPSA) is 72.9 Å². The maximum absolute atomic E-state index is 12.8. The molecule has 3 aliphatic rings. The van der Waals surface area contributed by atoms with Gasteiger partial charge in [0.05, 0.1) is 0 Å². The van der Waals surface area contributed by atoms with Gasteiger partial charge in [0.2, 0.25) is 5.91 Å². The number of carbonyl (C=O) groups is 1. The van der Waals surface area contributed by atoms with Crippen molar-refractivity contribution in [1.29, 1.82) is 0 Å². The number of hydrogen-bond acceptors (Lipinski definition) is 4. The third-order valence-corrected chi connectivity index (χ3v) is 6.97. The molecule has 2 N–H and O–H groups in total. The molecule has 4 rings (SSSR count). The number of pyridine rings is 1. The van der Waals surface area contributed by atoms with Crippen LogP contribution in [0.1, 0.15) is 63.4 Å². The number of piperidine rings is 1. The highest BCUT2D eigenvalue weighted by Crippen LogP contribution is 2.26. The van der Waals surface area contributed by atoms with Crippen molar-refractivity contribution in [2.75, 3.05) is 38.1 Å². The van der Waals surface area contributed by atoms with Crippen LogP contribution in [0.3, 0.4) is 0 Å². The van der Waals surface area contributed by atoms with Gasteiger partial charge in [0, 0.05) is 57.9 Å². The van der Waals surface area contributed by atoms with Crippen LogP contribution in [0.25, 0.3) is 0 Å². The number of aromatic nitrogens is 1. The summed E-state index contributed by atoms with van der Waals surface area (Å²) in [6.45, 7) is 4.55. The van der Waals surface area contributed by atoms with E-state index in [1.807, 2.05) is 6.20 Å². The Labute approximate surface area is 186 Å². The van der Waals surface area contributed by atoms with Gasteiger partial charge in [-0.1, -0.05) is 19.3 Å². The number of hydrogen-bond donors (Lipinski definition) is 2. The molecule has 0 spiro atoms. The second-order valence-electron chi connectivity index (χ2n) is 9.24. The van der Waals surface area contributed by atoms with E-state index < -0.39 is 0 Å². The average Bonchev–Trinajstić information content (AvgIpc) is 3.31. The number of nitrogens with zero attached hydrogens (tertiary/aromatic N) is 4. The first-order chi connectivity index (χ1) is 15.2. The van der Waals surface area contributed by atoms with Crippen molar-refractivity contribution in [2.45, 2.75) is 70.4 Å². The molecule has 7 heteroatoms. The first kappa shape index (κ1) is 21.9. The van der Waals surface area contributed by atoms with E-state index >= 15 is 0 Å². The Morgan fingerprint density at radius 2 is 1.87 bits per heavy atom. The minimum absolute atomic E-state index is 0.255. The number of nitrogens with one attached hydrogen (secondary N) is 2. The molecular weight excluding hydrogens is 388 g/mol. The molecular formula is C24H38N6O. The summed E-state index contributed by atoms with van der Waals surface area (Å²) in [5, 5.41) is 6.96. The molecule has 170 valence electrons. The zero-order valence-electron chi connectivity index (χ0n) is 19.0. The molecule has 2 aliphatic heterocycles. The van der Waals surface area contributed by atoms with Crippen LogP contribution in [-0.2, 0) is 11.3 Å². The van der Waals surface area contributed by atoms with Crippen LogP contribution in [-0.4, -0.2) is 61.0 Å². The third-order valence-electron chi connectivity index (χ3n) is 6.97. The van der Waals surface area contributed by atoms with Gasteiger partial charge in [-0.3, -0.25) is 9.79 Å². The lowest BCUT2D eigenvalue weighted by Gasteiger charge is -2.28. The maximum atomic E-state index is 12.8. The van der Waals surface area contributed by atoms with Gasteiger partial charge >= 0.3 is 0 Å². The van der Waals surface area contributed by atoms with E-state index in [1.165, 1.54) is 44.1 Å². The van der Waals surface area contributed by atoms with E-state index in [2.05, 4.69) is 42.5 Å². The molecule has 3 fully saturated rings. The summed E-state index contributed by atoms with van der Waals surface area (Å²) < 4.78 is 0. The molecule has 1 aromatic heterocycles. The molecule has 1 aliphatic carbocycles. The quantitative estimate of drug-likeness (QED) is 0.559. The summed E-state index contributed by atoms with van der Waals surface area (Å²) in [5.41, 5.74) is 1.21.